The first-order valence-corrected chi connectivity index (χ1v) is 19.7. The van der Waals surface area contributed by atoms with Crippen LogP contribution in [0.5, 0.6) is 11.5 Å². The topological polar surface area (TPSA) is 187 Å². The average Bonchev–Trinajstić information content (AvgIpc) is 3.80. The molecule has 6 rings (SSSR count). The largest absolute Gasteiger partial charge is 0.508 e. The van der Waals surface area contributed by atoms with E-state index in [1.54, 1.807) is 85.3 Å². The number of hydrogen-bond donors (Lipinski definition) is 6. The number of phenolic OH excluding ortho intramolecular Hbond substituents is 2. The molecule has 57 heavy (non-hydrogen) atoms. The van der Waals surface area contributed by atoms with Gasteiger partial charge in [0.1, 0.15) is 11.5 Å². The van der Waals surface area contributed by atoms with Crippen molar-refractivity contribution >= 4 is 51.5 Å². The lowest BCUT2D eigenvalue weighted by Crippen LogP contribution is -2.47. The normalized spacial score (nSPS) is 13.7. The molecule has 2 aromatic heterocycles. The number of hydrogen-bond acceptors (Lipinski definition) is 8. The summed E-state index contributed by atoms with van der Waals surface area (Å²) in [6.45, 7) is 0.312. The van der Waals surface area contributed by atoms with Crippen LogP contribution in [0.25, 0.3) is 16.5 Å². The number of benzene rings is 3. The zero-order chi connectivity index (χ0) is 40.3. The van der Waals surface area contributed by atoms with E-state index in [0.717, 1.165) is 39.8 Å². The van der Waals surface area contributed by atoms with Gasteiger partial charge in [-0.15, -0.1) is 0 Å². The predicted octanol–water partition coefficient (Wildman–Crippen LogP) is 6.32. The molecule has 1 aliphatic rings. The SMILES string of the molecule is NCCCC(=O)N[C@@H](Cc1c[nH]c2ccc(O)cc12)C(=O)C[C@@H](Cc1ccc(Cl)cc1)C(=O)N[C@@H](Cc1ccncc1)C(=O)CCCC1=CCc2ccc(O)cc21. The summed E-state index contributed by atoms with van der Waals surface area (Å²) < 4.78 is 0. The van der Waals surface area contributed by atoms with Gasteiger partial charge in [-0.25, -0.2) is 0 Å². The smallest absolute Gasteiger partial charge is 0.224 e. The Bertz CT molecular complexity index is 2240. The number of halogens is 1. The van der Waals surface area contributed by atoms with Gasteiger partial charge in [0.25, 0.3) is 0 Å². The van der Waals surface area contributed by atoms with Crippen LogP contribution in [0.1, 0.15) is 66.3 Å². The molecule has 0 saturated carbocycles. The van der Waals surface area contributed by atoms with E-state index < -0.39 is 23.9 Å². The summed E-state index contributed by atoms with van der Waals surface area (Å²) >= 11 is 6.18. The van der Waals surface area contributed by atoms with Crippen molar-refractivity contribution in [1.82, 2.24) is 20.6 Å². The highest BCUT2D eigenvalue weighted by molar-refractivity contribution is 6.30. The number of nitrogens with two attached hydrogens (primary N) is 1. The Labute approximate surface area is 336 Å². The summed E-state index contributed by atoms with van der Waals surface area (Å²) in [6, 6.07) is 19.0. The van der Waals surface area contributed by atoms with E-state index in [0.29, 0.717) is 41.8 Å². The number of phenols is 2. The number of Topliss-reactive ketones (excluding diaryl/α,β-unsaturated/α-hetero) is 2. The fourth-order valence-electron chi connectivity index (χ4n) is 7.42. The van der Waals surface area contributed by atoms with Gasteiger partial charge in [-0.3, -0.25) is 24.2 Å². The second-order valence-electron chi connectivity index (χ2n) is 14.7. The molecule has 7 N–H and O–H groups in total. The number of aromatic hydroxyl groups is 2. The number of carbonyl (C=O) groups is 4. The number of H-pyrrole nitrogens is 1. The van der Waals surface area contributed by atoms with Crippen LogP contribution in [0, 0.1) is 5.92 Å². The minimum atomic E-state index is -0.983. The van der Waals surface area contributed by atoms with Gasteiger partial charge >= 0.3 is 0 Å². The molecule has 0 radical (unpaired) electrons. The van der Waals surface area contributed by atoms with Crippen LogP contribution in [0.15, 0.2) is 97.5 Å². The van der Waals surface area contributed by atoms with Crippen LogP contribution in [0.4, 0.5) is 0 Å². The number of ketones is 2. The summed E-state index contributed by atoms with van der Waals surface area (Å²) in [7, 11) is 0. The molecule has 5 aromatic rings. The molecule has 2 heterocycles. The summed E-state index contributed by atoms with van der Waals surface area (Å²) in [5, 5.41) is 27.4. The lowest BCUT2D eigenvalue weighted by atomic mass is 9.88. The van der Waals surface area contributed by atoms with Gasteiger partial charge < -0.3 is 31.6 Å². The molecule has 296 valence electrons. The number of amides is 2. The number of nitrogens with one attached hydrogen (secondary N) is 3. The van der Waals surface area contributed by atoms with Crippen molar-refractivity contribution < 1.29 is 29.4 Å². The van der Waals surface area contributed by atoms with Crippen molar-refractivity contribution in [3.8, 4) is 11.5 Å². The van der Waals surface area contributed by atoms with E-state index in [1.165, 1.54) is 0 Å². The van der Waals surface area contributed by atoms with E-state index in [9.17, 15) is 29.4 Å². The summed E-state index contributed by atoms with van der Waals surface area (Å²) in [5.41, 5.74) is 11.9. The summed E-state index contributed by atoms with van der Waals surface area (Å²) in [5.74, 6) is -1.92. The quantitative estimate of drug-likeness (QED) is 0.0529. The molecule has 2 amide bonds. The monoisotopic (exact) mass is 789 g/mol. The number of aromatic nitrogens is 2. The summed E-state index contributed by atoms with van der Waals surface area (Å²) in [4.78, 5) is 63.0. The number of aromatic amines is 1. The van der Waals surface area contributed by atoms with Gasteiger partial charge in [-0.05, 0) is 133 Å². The van der Waals surface area contributed by atoms with Crippen LogP contribution in [-0.4, -0.2) is 62.2 Å². The molecule has 0 aliphatic heterocycles. The number of pyridine rings is 1. The van der Waals surface area contributed by atoms with Crippen LogP contribution in [-0.2, 0) is 44.9 Å². The Hall–Kier alpha value is -5.78. The molecular weight excluding hydrogens is 742 g/mol. The highest BCUT2D eigenvalue weighted by atomic mass is 35.5. The number of nitrogens with zero attached hydrogens (tertiary/aromatic N) is 1. The Morgan fingerprint density at radius 1 is 0.807 bits per heavy atom. The van der Waals surface area contributed by atoms with E-state index in [-0.39, 0.29) is 67.5 Å². The fraction of sp³-hybridized carbons (Fsp3) is 0.311. The molecule has 11 nitrogen and oxygen atoms in total. The highest BCUT2D eigenvalue weighted by Gasteiger charge is 2.31. The van der Waals surface area contributed by atoms with Crippen molar-refractivity contribution in [3.05, 3.63) is 130 Å². The molecule has 0 bridgehead atoms. The second-order valence-corrected chi connectivity index (χ2v) is 15.1. The molecule has 3 aromatic carbocycles. The van der Waals surface area contributed by atoms with E-state index in [1.807, 2.05) is 6.07 Å². The summed E-state index contributed by atoms with van der Waals surface area (Å²) in [6.07, 6.45) is 10.2. The van der Waals surface area contributed by atoms with Crippen LogP contribution in [0.2, 0.25) is 5.02 Å². The molecule has 0 fully saturated rings. The standard InChI is InChI=1S/C45H48ClN5O6/c46-34-11-6-28(7-12-34)21-32(24-43(55)41(50-44(56)5-2-18-47)23-33-27-49-39-15-14-36(53)26-38(33)39)45(57)51-40(22-29-16-19-48-20-17-29)42(54)4-1-3-30-8-9-31-10-13-35(52)25-37(30)31/h6-8,10-17,19-20,25-27,32,40-41,49,52-53H,1-5,9,18,21-24,47H2,(H,50,56)(H,51,57)/t32-,40+,41+/m1/s1. The van der Waals surface area contributed by atoms with Crippen LogP contribution in [0.3, 0.4) is 0 Å². The fourth-order valence-corrected chi connectivity index (χ4v) is 7.54. The van der Waals surface area contributed by atoms with Crippen molar-refractivity contribution in [3.63, 3.8) is 0 Å². The van der Waals surface area contributed by atoms with Crippen LogP contribution < -0.4 is 16.4 Å². The minimum Gasteiger partial charge on any atom is -0.508 e. The van der Waals surface area contributed by atoms with Gasteiger partial charge in [-0.1, -0.05) is 35.9 Å². The van der Waals surface area contributed by atoms with Crippen molar-refractivity contribution in [2.45, 2.75) is 76.3 Å². The molecule has 0 unspecified atom stereocenters. The van der Waals surface area contributed by atoms with Gasteiger partial charge in [-0.2, -0.15) is 0 Å². The lowest BCUT2D eigenvalue weighted by molar-refractivity contribution is -0.133. The van der Waals surface area contributed by atoms with Crippen molar-refractivity contribution in [1.29, 1.82) is 0 Å². The maximum atomic E-state index is 14.4. The van der Waals surface area contributed by atoms with E-state index in [4.69, 9.17) is 17.3 Å². The molecule has 0 spiro atoms. The molecule has 12 heteroatoms. The maximum Gasteiger partial charge on any atom is 0.224 e. The van der Waals surface area contributed by atoms with Gasteiger partial charge in [0.15, 0.2) is 11.6 Å². The zero-order valence-electron chi connectivity index (χ0n) is 31.7. The van der Waals surface area contributed by atoms with Crippen LogP contribution >= 0.6 is 11.6 Å². The lowest BCUT2D eigenvalue weighted by Gasteiger charge is -2.24. The van der Waals surface area contributed by atoms with Gasteiger partial charge in [0, 0.05) is 66.1 Å². The molecule has 0 saturated heterocycles. The second kappa shape index (κ2) is 19.4. The zero-order valence-corrected chi connectivity index (χ0v) is 32.4. The van der Waals surface area contributed by atoms with Crippen molar-refractivity contribution in [2.24, 2.45) is 11.7 Å². The first kappa shape index (κ1) is 40.9. The molecule has 1 aliphatic carbocycles. The third-order valence-corrected chi connectivity index (χ3v) is 10.7. The number of carbonyl (C=O) groups excluding carboxylic acids is 4. The molecular formula is C45H48ClN5O6. The first-order chi connectivity index (χ1) is 27.6. The third-order valence-electron chi connectivity index (χ3n) is 10.5. The maximum absolute atomic E-state index is 14.4. The Morgan fingerprint density at radius 2 is 1.53 bits per heavy atom. The first-order valence-electron chi connectivity index (χ1n) is 19.3. The Balaban J connectivity index is 1.22. The minimum absolute atomic E-state index is 0.0648. The van der Waals surface area contributed by atoms with Gasteiger partial charge in [0.05, 0.1) is 12.1 Å². The van der Waals surface area contributed by atoms with Gasteiger partial charge in [0.2, 0.25) is 11.8 Å². The van der Waals surface area contributed by atoms with E-state index in [2.05, 4.69) is 26.7 Å². The average molecular weight is 790 g/mol. The third kappa shape index (κ3) is 11.2. The molecule has 3 atom stereocenters. The van der Waals surface area contributed by atoms with Crippen molar-refractivity contribution in [2.75, 3.05) is 6.54 Å². The number of rotatable bonds is 20. The van der Waals surface area contributed by atoms with E-state index >= 15 is 0 Å². The Morgan fingerprint density at radius 3 is 2.30 bits per heavy atom. The Kier molecular flexibility index (Phi) is 13.9. The predicted molar refractivity (Wildman–Crippen MR) is 221 cm³/mol. The number of fused-ring (bicyclic) bond motifs is 2. The highest BCUT2D eigenvalue weighted by Crippen LogP contribution is 2.33. The number of allylic oxidation sites excluding steroid dienone is 2.